The van der Waals surface area contributed by atoms with Gasteiger partial charge in [-0.15, -0.1) is 0 Å². The van der Waals surface area contributed by atoms with Crippen molar-refractivity contribution in [3.05, 3.63) is 0 Å². The lowest BCUT2D eigenvalue weighted by Crippen LogP contribution is -2.33. The number of ether oxygens (including phenoxy) is 1. The van der Waals surface area contributed by atoms with Gasteiger partial charge >= 0.3 is 0 Å². The van der Waals surface area contributed by atoms with E-state index in [9.17, 15) is 0 Å². The van der Waals surface area contributed by atoms with Crippen LogP contribution in [0.15, 0.2) is 0 Å². The van der Waals surface area contributed by atoms with Crippen molar-refractivity contribution in [3.63, 3.8) is 0 Å². The van der Waals surface area contributed by atoms with Crippen LogP contribution in [-0.4, -0.2) is 20.1 Å². The zero-order valence-electron chi connectivity index (χ0n) is 6.81. The second-order valence-electron chi connectivity index (χ2n) is 3.74. The van der Waals surface area contributed by atoms with Crippen LogP contribution < -0.4 is 0 Å². The Morgan fingerprint density at radius 1 is 1.40 bits per heavy atom. The fourth-order valence-electron chi connectivity index (χ4n) is 2.14. The van der Waals surface area contributed by atoms with Gasteiger partial charge < -0.3 is 4.74 Å². The molecule has 1 saturated carbocycles. The largest absolute Gasteiger partial charge is 0.370 e. The molecule has 1 aliphatic heterocycles. The van der Waals surface area contributed by atoms with Crippen LogP contribution in [0.5, 0.6) is 0 Å². The Labute approximate surface area is 64.4 Å². The van der Waals surface area contributed by atoms with Crippen molar-refractivity contribution in [2.45, 2.75) is 50.1 Å². The monoisotopic (exact) mass is 155 g/mol. The second-order valence-corrected chi connectivity index (χ2v) is 6.59. The van der Waals surface area contributed by atoms with E-state index in [-0.39, 0.29) is 8.80 Å². The van der Waals surface area contributed by atoms with Gasteiger partial charge in [0.05, 0.1) is 20.1 Å². The van der Waals surface area contributed by atoms with Gasteiger partial charge in [0.2, 0.25) is 0 Å². The quantitative estimate of drug-likeness (QED) is 0.417. The van der Waals surface area contributed by atoms with Crippen LogP contribution in [0.3, 0.4) is 0 Å². The molecule has 0 aromatic carbocycles. The zero-order chi connectivity index (χ0) is 7.19. The molecule has 10 heavy (non-hydrogen) atoms. The van der Waals surface area contributed by atoms with Crippen LogP contribution in [0.1, 0.15) is 25.7 Å². The summed E-state index contributed by atoms with van der Waals surface area (Å²) in [5.41, 5.74) is 0. The molecule has 1 nitrogen and oxygen atoms in total. The van der Waals surface area contributed by atoms with Crippen LogP contribution in [0.25, 0.3) is 0 Å². The Kier molecular flexibility index (Phi) is 1.43. The summed E-state index contributed by atoms with van der Waals surface area (Å²) in [5, 5.41) is 0.447. The number of epoxide rings is 1. The van der Waals surface area contributed by atoms with Crippen molar-refractivity contribution in [3.8, 4) is 0 Å². The molecule has 0 bridgehead atoms. The first kappa shape index (κ1) is 6.86. The lowest BCUT2D eigenvalue weighted by atomic mass is 10.0. The summed E-state index contributed by atoms with van der Waals surface area (Å²) >= 11 is 0. The minimum atomic E-state index is -0.182. The molecule has 1 saturated heterocycles. The van der Waals surface area contributed by atoms with Gasteiger partial charge in [-0.2, -0.15) is 0 Å². The van der Waals surface area contributed by atoms with Crippen LogP contribution in [0, 0.1) is 0 Å². The second kappa shape index (κ2) is 2.08. The molecule has 2 atom stereocenters. The van der Waals surface area contributed by atoms with Crippen molar-refractivity contribution in [1.29, 1.82) is 0 Å². The molecule has 2 fully saturated rings. The van der Waals surface area contributed by atoms with Gasteiger partial charge in [0.15, 0.2) is 0 Å². The van der Waals surface area contributed by atoms with Crippen LogP contribution in [0.4, 0.5) is 0 Å². The fourth-order valence-corrected chi connectivity index (χ4v) is 3.98. The number of rotatable bonds is 1. The van der Waals surface area contributed by atoms with Gasteiger partial charge in [0.25, 0.3) is 0 Å². The maximum atomic E-state index is 5.77. The van der Waals surface area contributed by atoms with E-state index in [2.05, 4.69) is 13.1 Å². The van der Waals surface area contributed by atoms with E-state index in [4.69, 9.17) is 4.74 Å². The van der Waals surface area contributed by atoms with Gasteiger partial charge in [-0.3, -0.25) is 0 Å². The topological polar surface area (TPSA) is 12.5 Å². The first-order valence-corrected chi connectivity index (χ1v) is 6.74. The minimum absolute atomic E-state index is 0.182. The van der Waals surface area contributed by atoms with Crippen LogP contribution in [0.2, 0.25) is 13.1 Å². The highest BCUT2D eigenvalue weighted by atomic mass is 28.3. The lowest BCUT2D eigenvalue weighted by Gasteiger charge is -2.19. The molecule has 1 radical (unpaired) electrons. The van der Waals surface area contributed by atoms with Crippen LogP contribution in [-0.2, 0) is 4.74 Å². The average molecular weight is 155 g/mol. The first-order valence-electron chi connectivity index (χ1n) is 4.24. The SMILES string of the molecule is C[Si](C)C12CCCCC1O2. The summed E-state index contributed by atoms with van der Waals surface area (Å²) in [6, 6.07) is 0. The van der Waals surface area contributed by atoms with E-state index in [1.165, 1.54) is 25.7 Å². The smallest absolute Gasteiger partial charge is 0.0860 e. The van der Waals surface area contributed by atoms with E-state index < -0.39 is 0 Å². The maximum Gasteiger partial charge on any atom is 0.0860 e. The van der Waals surface area contributed by atoms with Gasteiger partial charge in [0, 0.05) is 0 Å². The maximum absolute atomic E-state index is 5.77. The lowest BCUT2D eigenvalue weighted by molar-refractivity contribution is 0.347. The van der Waals surface area contributed by atoms with Crippen LogP contribution >= 0.6 is 0 Å². The van der Waals surface area contributed by atoms with Gasteiger partial charge in [0.1, 0.15) is 0 Å². The number of fused-ring (bicyclic) bond motifs is 1. The minimum Gasteiger partial charge on any atom is -0.370 e. The predicted octanol–water partition coefficient (Wildman–Crippen LogP) is 1.99. The third-order valence-corrected chi connectivity index (χ3v) is 5.31. The van der Waals surface area contributed by atoms with E-state index >= 15 is 0 Å². The highest BCUT2D eigenvalue weighted by Crippen LogP contribution is 2.49. The highest BCUT2D eigenvalue weighted by molar-refractivity contribution is 6.60. The third-order valence-electron chi connectivity index (χ3n) is 2.93. The van der Waals surface area contributed by atoms with Gasteiger partial charge in [-0.1, -0.05) is 25.9 Å². The molecule has 1 aliphatic carbocycles. The summed E-state index contributed by atoms with van der Waals surface area (Å²) < 4.78 is 5.77. The first-order chi connectivity index (χ1) is 4.76. The molecule has 0 N–H and O–H groups in total. The molecule has 2 unspecified atom stereocenters. The van der Waals surface area contributed by atoms with Crippen molar-refractivity contribution in [1.82, 2.24) is 0 Å². The predicted molar refractivity (Wildman–Crippen MR) is 43.6 cm³/mol. The molecule has 0 spiro atoms. The molecule has 0 aromatic heterocycles. The zero-order valence-corrected chi connectivity index (χ0v) is 7.81. The standard InChI is InChI=1S/C8H15OSi/c1-10(2)8-6-4-3-5-7(8)9-8/h7H,3-6H2,1-2H3. The van der Waals surface area contributed by atoms with Gasteiger partial charge in [-0.05, 0) is 12.8 Å². The molecule has 0 amide bonds. The third kappa shape index (κ3) is 0.784. The Bertz CT molecular complexity index is 146. The Balaban J connectivity index is 2.05. The average Bonchev–Trinajstić information content (AvgIpc) is 2.61. The Morgan fingerprint density at radius 2 is 2.20 bits per heavy atom. The normalized spacial score (nSPS) is 45.3. The van der Waals surface area contributed by atoms with Crippen molar-refractivity contribution < 1.29 is 4.74 Å². The summed E-state index contributed by atoms with van der Waals surface area (Å²) in [7, 11) is -0.182. The Morgan fingerprint density at radius 3 is 2.70 bits per heavy atom. The molecule has 2 heteroatoms. The number of hydrogen-bond donors (Lipinski definition) is 0. The molecule has 57 valence electrons. The highest BCUT2D eigenvalue weighted by Gasteiger charge is 2.58. The van der Waals surface area contributed by atoms with E-state index in [1.807, 2.05) is 0 Å². The molecular weight excluding hydrogens is 140 g/mol. The van der Waals surface area contributed by atoms with Crippen molar-refractivity contribution >= 4 is 8.80 Å². The summed E-state index contributed by atoms with van der Waals surface area (Å²) in [6.45, 7) is 4.77. The summed E-state index contributed by atoms with van der Waals surface area (Å²) in [5.74, 6) is 0. The van der Waals surface area contributed by atoms with Crippen molar-refractivity contribution in [2.24, 2.45) is 0 Å². The van der Waals surface area contributed by atoms with Crippen molar-refractivity contribution in [2.75, 3.05) is 0 Å². The molecule has 0 aromatic rings. The fraction of sp³-hybridized carbons (Fsp3) is 1.00. The number of hydrogen-bond acceptors (Lipinski definition) is 1. The summed E-state index contributed by atoms with van der Waals surface area (Å²) in [4.78, 5) is 0. The van der Waals surface area contributed by atoms with E-state index in [0.717, 1.165) is 0 Å². The molecule has 2 aliphatic rings. The van der Waals surface area contributed by atoms with E-state index in [1.54, 1.807) is 0 Å². The van der Waals surface area contributed by atoms with Gasteiger partial charge in [-0.25, -0.2) is 0 Å². The molecule has 1 heterocycles. The Hall–Kier alpha value is 0.177. The molecule has 2 rings (SSSR count). The van der Waals surface area contributed by atoms with E-state index in [0.29, 0.717) is 11.3 Å². The molecular formula is C8H15OSi. The summed E-state index contributed by atoms with van der Waals surface area (Å²) in [6.07, 6.45) is 6.20.